The lowest BCUT2D eigenvalue weighted by molar-refractivity contribution is 0.0734. The Kier molecular flexibility index (Phi) is 3.44. The summed E-state index contributed by atoms with van der Waals surface area (Å²) in [4.78, 5) is 32.1. The molecule has 0 unspecified atom stereocenters. The highest BCUT2D eigenvalue weighted by atomic mass is 16.2. The molecule has 0 atom stereocenters. The lowest BCUT2D eigenvalue weighted by Crippen LogP contribution is -2.49. The van der Waals surface area contributed by atoms with Gasteiger partial charge in [0.1, 0.15) is 12.2 Å². The van der Waals surface area contributed by atoms with Crippen molar-refractivity contribution in [1.82, 2.24) is 44.8 Å². The van der Waals surface area contributed by atoms with Crippen LogP contribution in [-0.2, 0) is 0 Å². The molecule has 4 heterocycles. The molecule has 124 valence electrons. The van der Waals surface area contributed by atoms with Gasteiger partial charge in [-0.3, -0.25) is 4.79 Å². The first-order valence-electron chi connectivity index (χ1n) is 7.55. The fraction of sp³-hybridized carbons (Fsp3) is 0.385. The zero-order valence-electron chi connectivity index (χ0n) is 13.0. The van der Waals surface area contributed by atoms with E-state index in [1.807, 2.05) is 0 Å². The number of imidazole rings is 1. The Morgan fingerprint density at radius 2 is 2.00 bits per heavy atom. The van der Waals surface area contributed by atoms with Crippen LogP contribution in [0.2, 0.25) is 0 Å². The van der Waals surface area contributed by atoms with Gasteiger partial charge in [0.15, 0.2) is 0 Å². The summed E-state index contributed by atoms with van der Waals surface area (Å²) in [6.45, 7) is 4.37. The Morgan fingerprint density at radius 1 is 1.17 bits per heavy atom. The Balaban J connectivity index is 1.46. The summed E-state index contributed by atoms with van der Waals surface area (Å²) >= 11 is 0. The highest BCUT2D eigenvalue weighted by Crippen LogP contribution is 2.12. The van der Waals surface area contributed by atoms with Crippen LogP contribution in [-0.4, -0.2) is 76.9 Å². The minimum Gasteiger partial charge on any atom is -0.339 e. The van der Waals surface area contributed by atoms with Crippen LogP contribution in [0.4, 0.5) is 5.95 Å². The number of nitrogens with one attached hydrogen (secondary N) is 2. The second-order valence-electron chi connectivity index (χ2n) is 5.40. The molecule has 1 fully saturated rings. The first-order valence-corrected chi connectivity index (χ1v) is 7.55. The molecule has 4 rings (SSSR count). The molecule has 11 nitrogen and oxygen atoms in total. The van der Waals surface area contributed by atoms with Crippen LogP contribution in [0.1, 0.15) is 16.4 Å². The first kappa shape index (κ1) is 14.4. The minimum atomic E-state index is -0.185. The van der Waals surface area contributed by atoms with E-state index in [9.17, 15) is 4.79 Å². The molecule has 1 amide bonds. The van der Waals surface area contributed by atoms with E-state index in [4.69, 9.17) is 0 Å². The molecule has 1 aliphatic rings. The van der Waals surface area contributed by atoms with Crippen molar-refractivity contribution in [3.63, 3.8) is 0 Å². The van der Waals surface area contributed by atoms with Gasteiger partial charge >= 0.3 is 0 Å². The zero-order chi connectivity index (χ0) is 16.5. The largest absolute Gasteiger partial charge is 0.339 e. The molecule has 2 N–H and O–H groups in total. The predicted molar refractivity (Wildman–Crippen MR) is 82.7 cm³/mol. The van der Waals surface area contributed by atoms with Gasteiger partial charge in [-0.05, 0) is 6.92 Å². The van der Waals surface area contributed by atoms with E-state index in [2.05, 4.69) is 40.1 Å². The van der Waals surface area contributed by atoms with E-state index < -0.39 is 0 Å². The number of hydrogen-bond donors (Lipinski definition) is 2. The zero-order valence-corrected chi connectivity index (χ0v) is 13.0. The SMILES string of the molecule is Cc1nc(C(=O)N2CCN(c3ncc[nH]3)CC2)nn1-c1ncn[nH]1. The van der Waals surface area contributed by atoms with E-state index in [1.54, 1.807) is 24.2 Å². The summed E-state index contributed by atoms with van der Waals surface area (Å²) in [6, 6.07) is 0. The fourth-order valence-electron chi connectivity index (χ4n) is 2.67. The van der Waals surface area contributed by atoms with Crippen LogP contribution >= 0.6 is 0 Å². The van der Waals surface area contributed by atoms with Gasteiger partial charge in [0.2, 0.25) is 17.7 Å². The van der Waals surface area contributed by atoms with Crippen molar-refractivity contribution in [2.75, 3.05) is 31.1 Å². The van der Waals surface area contributed by atoms with Gasteiger partial charge in [-0.2, -0.15) is 14.8 Å². The molecule has 0 radical (unpaired) electrons. The Labute approximate surface area is 136 Å². The summed E-state index contributed by atoms with van der Waals surface area (Å²) in [5.74, 6) is 1.81. The van der Waals surface area contributed by atoms with Gasteiger partial charge in [-0.25, -0.2) is 15.1 Å². The van der Waals surface area contributed by atoms with Crippen molar-refractivity contribution in [1.29, 1.82) is 0 Å². The van der Waals surface area contributed by atoms with Crippen molar-refractivity contribution in [3.05, 3.63) is 30.4 Å². The molecule has 0 aromatic carbocycles. The number of carbonyl (C=O) groups is 1. The highest BCUT2D eigenvalue weighted by Gasteiger charge is 2.26. The number of carbonyl (C=O) groups excluding carboxylic acids is 1. The van der Waals surface area contributed by atoms with Gasteiger partial charge in [0, 0.05) is 38.6 Å². The van der Waals surface area contributed by atoms with Crippen LogP contribution in [0.25, 0.3) is 5.95 Å². The lowest BCUT2D eigenvalue weighted by atomic mass is 10.3. The van der Waals surface area contributed by atoms with Crippen molar-refractivity contribution < 1.29 is 4.79 Å². The van der Waals surface area contributed by atoms with Crippen LogP contribution in [0.5, 0.6) is 0 Å². The molecule has 0 saturated carbocycles. The van der Waals surface area contributed by atoms with Gasteiger partial charge in [0.05, 0.1) is 0 Å². The van der Waals surface area contributed by atoms with Gasteiger partial charge in [-0.15, -0.1) is 5.10 Å². The highest BCUT2D eigenvalue weighted by molar-refractivity contribution is 5.90. The molecule has 11 heteroatoms. The summed E-state index contributed by atoms with van der Waals surface area (Å²) in [7, 11) is 0. The number of aromatic amines is 2. The first-order chi connectivity index (χ1) is 11.7. The number of amides is 1. The number of H-pyrrole nitrogens is 2. The van der Waals surface area contributed by atoms with Crippen LogP contribution < -0.4 is 4.90 Å². The number of rotatable bonds is 3. The van der Waals surface area contributed by atoms with Crippen molar-refractivity contribution in [2.45, 2.75) is 6.92 Å². The molecule has 3 aromatic heterocycles. The standard InChI is InChI=1S/C13H16N10O/c1-9-18-10(20-23(9)13-16-8-17-19-13)11(24)21-4-6-22(7-5-21)12-14-2-3-15-12/h2-3,8H,4-7H2,1H3,(H,14,15)(H,16,17,19). The monoisotopic (exact) mass is 328 g/mol. The van der Waals surface area contributed by atoms with E-state index in [-0.39, 0.29) is 11.7 Å². The van der Waals surface area contributed by atoms with E-state index in [0.717, 1.165) is 5.95 Å². The number of nitrogens with zero attached hydrogens (tertiary/aromatic N) is 8. The summed E-state index contributed by atoms with van der Waals surface area (Å²) in [5, 5.41) is 10.7. The van der Waals surface area contributed by atoms with Gasteiger partial charge in [-0.1, -0.05) is 0 Å². The molecule has 1 saturated heterocycles. The van der Waals surface area contributed by atoms with Crippen LogP contribution in [0.15, 0.2) is 18.7 Å². The predicted octanol–water partition coefficient (Wildman–Crippen LogP) is -0.621. The summed E-state index contributed by atoms with van der Waals surface area (Å²) in [6.07, 6.45) is 4.89. The molecular weight excluding hydrogens is 312 g/mol. The average Bonchev–Trinajstić information content (AvgIpc) is 3.35. The Bertz CT molecular complexity index is 813. The lowest BCUT2D eigenvalue weighted by Gasteiger charge is -2.33. The molecule has 3 aromatic rings. The Hall–Kier alpha value is -3.24. The normalized spacial score (nSPS) is 15.0. The number of aryl methyl sites for hydroxylation is 1. The Morgan fingerprint density at radius 3 is 2.67 bits per heavy atom. The van der Waals surface area contributed by atoms with Crippen molar-refractivity contribution in [2.24, 2.45) is 0 Å². The second kappa shape index (κ2) is 5.76. The average molecular weight is 328 g/mol. The molecule has 0 spiro atoms. The van der Waals surface area contributed by atoms with Gasteiger partial charge in [0.25, 0.3) is 5.91 Å². The third kappa shape index (κ3) is 2.49. The fourth-order valence-corrected chi connectivity index (χ4v) is 2.67. The van der Waals surface area contributed by atoms with E-state index in [0.29, 0.717) is 38.0 Å². The van der Waals surface area contributed by atoms with Crippen molar-refractivity contribution in [3.8, 4) is 5.95 Å². The molecule has 0 bridgehead atoms. The van der Waals surface area contributed by atoms with Crippen molar-refractivity contribution >= 4 is 11.9 Å². The number of aromatic nitrogens is 8. The summed E-state index contributed by atoms with van der Waals surface area (Å²) < 4.78 is 1.47. The maximum absolute atomic E-state index is 12.6. The topological polar surface area (TPSA) is 125 Å². The van der Waals surface area contributed by atoms with E-state index >= 15 is 0 Å². The molecule has 1 aliphatic heterocycles. The number of piperazine rings is 1. The third-order valence-electron chi connectivity index (χ3n) is 3.91. The molecule has 0 aliphatic carbocycles. The second-order valence-corrected chi connectivity index (χ2v) is 5.40. The minimum absolute atomic E-state index is 0.162. The van der Waals surface area contributed by atoms with Crippen LogP contribution in [0, 0.1) is 6.92 Å². The molecule has 24 heavy (non-hydrogen) atoms. The maximum Gasteiger partial charge on any atom is 0.293 e. The number of hydrogen-bond acceptors (Lipinski definition) is 7. The number of anilines is 1. The maximum atomic E-state index is 12.6. The van der Waals surface area contributed by atoms with E-state index in [1.165, 1.54) is 11.0 Å². The quantitative estimate of drug-likeness (QED) is 0.656. The van der Waals surface area contributed by atoms with Crippen LogP contribution in [0.3, 0.4) is 0 Å². The molecular formula is C13H16N10O. The van der Waals surface area contributed by atoms with Gasteiger partial charge < -0.3 is 14.8 Å². The summed E-state index contributed by atoms with van der Waals surface area (Å²) in [5.41, 5.74) is 0. The third-order valence-corrected chi connectivity index (χ3v) is 3.91. The smallest absolute Gasteiger partial charge is 0.293 e.